The first-order chi connectivity index (χ1) is 10.1. The highest BCUT2D eigenvalue weighted by Crippen LogP contribution is 2.17. The molecule has 0 aliphatic rings. The Morgan fingerprint density at radius 2 is 2.10 bits per heavy atom. The highest BCUT2D eigenvalue weighted by Gasteiger charge is 2.06. The van der Waals surface area contributed by atoms with Gasteiger partial charge in [-0.2, -0.15) is 4.98 Å². The van der Waals surface area contributed by atoms with Crippen molar-refractivity contribution in [2.24, 2.45) is 0 Å². The van der Waals surface area contributed by atoms with Crippen LogP contribution >= 0.6 is 23.5 Å². The second-order valence-corrected chi connectivity index (χ2v) is 6.41. The van der Waals surface area contributed by atoms with Crippen LogP contribution in [-0.2, 0) is 4.79 Å². The van der Waals surface area contributed by atoms with Gasteiger partial charge in [-0.05, 0) is 19.1 Å². The standard InChI is InChI=1S/C13H17N5OS2/c1-9-2-4-10(5-3-9)20-7-6-15-11(19)8-21-13-16-12(14)17-18-13/h2-5H,6-8H2,1H3,(H,15,19)(H3,14,16,17,18). The SMILES string of the molecule is Cc1ccc(SCCNC(=O)CSc2n[nH]c(N)n2)cc1. The predicted molar refractivity (Wildman–Crippen MR) is 86.4 cm³/mol. The molecule has 4 N–H and O–H groups in total. The summed E-state index contributed by atoms with van der Waals surface area (Å²) in [6.45, 7) is 2.70. The summed E-state index contributed by atoms with van der Waals surface area (Å²) in [5, 5.41) is 9.72. The number of aromatic nitrogens is 3. The molecule has 2 aromatic rings. The van der Waals surface area contributed by atoms with Crippen LogP contribution in [0.4, 0.5) is 5.95 Å². The van der Waals surface area contributed by atoms with Gasteiger partial charge in [-0.25, -0.2) is 5.10 Å². The lowest BCUT2D eigenvalue weighted by atomic mass is 10.2. The molecule has 1 heterocycles. The lowest BCUT2D eigenvalue weighted by Crippen LogP contribution is -2.27. The Labute approximate surface area is 131 Å². The van der Waals surface area contributed by atoms with Crippen LogP contribution in [0.5, 0.6) is 0 Å². The summed E-state index contributed by atoms with van der Waals surface area (Å²) in [6, 6.07) is 8.34. The number of hydrogen-bond acceptors (Lipinski definition) is 6. The van der Waals surface area contributed by atoms with E-state index in [1.165, 1.54) is 22.2 Å². The number of nitrogens with two attached hydrogens (primary N) is 1. The Bertz CT molecular complexity index is 585. The summed E-state index contributed by atoms with van der Waals surface area (Å²) in [5.74, 6) is 1.35. The molecule has 0 radical (unpaired) electrons. The number of carbonyl (C=O) groups is 1. The van der Waals surface area contributed by atoms with Gasteiger partial charge in [0.2, 0.25) is 17.0 Å². The fourth-order valence-corrected chi connectivity index (χ4v) is 2.90. The van der Waals surface area contributed by atoms with Gasteiger partial charge >= 0.3 is 0 Å². The summed E-state index contributed by atoms with van der Waals surface area (Å²) < 4.78 is 0. The quantitative estimate of drug-likeness (QED) is 0.530. The lowest BCUT2D eigenvalue weighted by Gasteiger charge is -2.04. The number of hydrogen-bond donors (Lipinski definition) is 3. The lowest BCUT2D eigenvalue weighted by molar-refractivity contribution is -0.118. The molecule has 0 saturated heterocycles. The topological polar surface area (TPSA) is 96.7 Å². The minimum absolute atomic E-state index is 0.0344. The van der Waals surface area contributed by atoms with Crippen LogP contribution in [0.2, 0.25) is 0 Å². The molecule has 0 saturated carbocycles. The molecule has 21 heavy (non-hydrogen) atoms. The fourth-order valence-electron chi connectivity index (χ4n) is 1.50. The highest BCUT2D eigenvalue weighted by atomic mass is 32.2. The normalized spacial score (nSPS) is 10.5. The van der Waals surface area contributed by atoms with Gasteiger partial charge in [-0.1, -0.05) is 29.5 Å². The number of aromatic amines is 1. The maximum absolute atomic E-state index is 11.6. The zero-order chi connectivity index (χ0) is 15.1. The third-order valence-corrected chi connectivity index (χ3v) is 4.39. The zero-order valence-corrected chi connectivity index (χ0v) is 13.3. The molecule has 1 aromatic carbocycles. The average molecular weight is 323 g/mol. The van der Waals surface area contributed by atoms with Gasteiger partial charge in [0.05, 0.1) is 5.75 Å². The van der Waals surface area contributed by atoms with E-state index in [0.29, 0.717) is 11.7 Å². The minimum Gasteiger partial charge on any atom is -0.368 e. The van der Waals surface area contributed by atoms with E-state index < -0.39 is 0 Å². The van der Waals surface area contributed by atoms with E-state index in [0.717, 1.165) is 5.75 Å². The van der Waals surface area contributed by atoms with E-state index in [1.54, 1.807) is 11.8 Å². The number of nitrogens with one attached hydrogen (secondary N) is 2. The number of anilines is 1. The summed E-state index contributed by atoms with van der Waals surface area (Å²) in [7, 11) is 0. The third-order valence-electron chi connectivity index (χ3n) is 2.53. The van der Waals surface area contributed by atoms with Crippen LogP contribution in [0.25, 0.3) is 0 Å². The third kappa shape index (κ3) is 5.68. The number of H-pyrrole nitrogens is 1. The molecule has 0 aliphatic carbocycles. The molecule has 0 spiro atoms. The molecule has 1 aromatic heterocycles. The number of thioether (sulfide) groups is 2. The monoisotopic (exact) mass is 323 g/mol. The number of aryl methyl sites for hydroxylation is 1. The molecule has 8 heteroatoms. The van der Waals surface area contributed by atoms with E-state index >= 15 is 0 Å². The molecule has 1 amide bonds. The van der Waals surface area contributed by atoms with Crippen LogP contribution in [0.1, 0.15) is 5.56 Å². The van der Waals surface area contributed by atoms with E-state index in [-0.39, 0.29) is 17.6 Å². The molecule has 2 rings (SSSR count). The molecule has 6 nitrogen and oxygen atoms in total. The summed E-state index contributed by atoms with van der Waals surface area (Å²) in [5.41, 5.74) is 6.65. The van der Waals surface area contributed by atoms with Gasteiger partial charge in [0, 0.05) is 17.2 Å². The molecule has 0 fully saturated rings. The molecule has 112 valence electrons. The first-order valence-electron chi connectivity index (χ1n) is 6.40. The summed E-state index contributed by atoms with van der Waals surface area (Å²) in [6.07, 6.45) is 0. The maximum atomic E-state index is 11.6. The predicted octanol–water partition coefficient (Wildman–Crippen LogP) is 1.70. The van der Waals surface area contributed by atoms with Crippen LogP contribution in [0, 0.1) is 6.92 Å². The Morgan fingerprint density at radius 1 is 1.33 bits per heavy atom. The molecular formula is C13H17N5OS2. The van der Waals surface area contributed by atoms with Crippen molar-refractivity contribution >= 4 is 35.4 Å². The van der Waals surface area contributed by atoms with Crippen molar-refractivity contribution in [2.75, 3.05) is 23.8 Å². The van der Waals surface area contributed by atoms with Crippen LogP contribution in [0.15, 0.2) is 34.3 Å². The van der Waals surface area contributed by atoms with Crippen molar-refractivity contribution in [1.82, 2.24) is 20.5 Å². The number of nitrogen functional groups attached to an aromatic ring is 1. The molecular weight excluding hydrogens is 306 g/mol. The Kier molecular flexibility index (Phi) is 5.94. The number of carbonyl (C=O) groups excluding carboxylic acids is 1. The van der Waals surface area contributed by atoms with Gasteiger partial charge in [0.15, 0.2) is 0 Å². The summed E-state index contributed by atoms with van der Waals surface area (Å²) >= 11 is 2.97. The Hall–Kier alpha value is -1.67. The van der Waals surface area contributed by atoms with Crippen molar-refractivity contribution in [3.63, 3.8) is 0 Å². The average Bonchev–Trinajstić information content (AvgIpc) is 2.89. The number of nitrogens with zero attached hydrogens (tertiary/aromatic N) is 2. The highest BCUT2D eigenvalue weighted by molar-refractivity contribution is 7.99. The van der Waals surface area contributed by atoms with Crippen molar-refractivity contribution < 1.29 is 4.79 Å². The fraction of sp³-hybridized carbons (Fsp3) is 0.308. The summed E-state index contributed by atoms with van der Waals surface area (Å²) in [4.78, 5) is 16.8. The van der Waals surface area contributed by atoms with Crippen molar-refractivity contribution in [2.45, 2.75) is 17.0 Å². The van der Waals surface area contributed by atoms with Crippen molar-refractivity contribution in [3.8, 4) is 0 Å². The van der Waals surface area contributed by atoms with Gasteiger partial charge in [0.1, 0.15) is 0 Å². The molecule has 0 atom stereocenters. The largest absolute Gasteiger partial charge is 0.368 e. The molecule has 0 aliphatic heterocycles. The smallest absolute Gasteiger partial charge is 0.230 e. The van der Waals surface area contributed by atoms with E-state index in [4.69, 9.17) is 5.73 Å². The molecule has 0 unspecified atom stereocenters. The van der Waals surface area contributed by atoms with Crippen LogP contribution in [-0.4, -0.2) is 39.1 Å². The second kappa shape index (κ2) is 7.94. The zero-order valence-electron chi connectivity index (χ0n) is 11.6. The van der Waals surface area contributed by atoms with Gasteiger partial charge in [-0.15, -0.1) is 16.9 Å². The number of rotatable bonds is 7. The first kappa shape index (κ1) is 15.7. The Morgan fingerprint density at radius 3 is 2.76 bits per heavy atom. The maximum Gasteiger partial charge on any atom is 0.230 e. The van der Waals surface area contributed by atoms with Crippen LogP contribution < -0.4 is 11.1 Å². The van der Waals surface area contributed by atoms with Crippen molar-refractivity contribution in [3.05, 3.63) is 29.8 Å². The first-order valence-corrected chi connectivity index (χ1v) is 8.37. The number of amides is 1. The van der Waals surface area contributed by atoms with Crippen molar-refractivity contribution in [1.29, 1.82) is 0 Å². The minimum atomic E-state index is -0.0344. The van der Waals surface area contributed by atoms with E-state index in [9.17, 15) is 4.79 Å². The van der Waals surface area contributed by atoms with Gasteiger partial charge in [-0.3, -0.25) is 4.79 Å². The van der Waals surface area contributed by atoms with Crippen LogP contribution in [0.3, 0.4) is 0 Å². The number of benzene rings is 1. The van der Waals surface area contributed by atoms with E-state index in [2.05, 4.69) is 51.7 Å². The van der Waals surface area contributed by atoms with Gasteiger partial charge < -0.3 is 11.1 Å². The van der Waals surface area contributed by atoms with Gasteiger partial charge in [0.25, 0.3) is 0 Å². The Balaban J connectivity index is 1.59. The molecule has 0 bridgehead atoms. The van der Waals surface area contributed by atoms with E-state index in [1.807, 2.05) is 0 Å². The second-order valence-electron chi connectivity index (χ2n) is 4.30.